The Morgan fingerprint density at radius 2 is 2.14 bits per heavy atom. The Bertz CT molecular complexity index is 695. The zero-order valence-corrected chi connectivity index (χ0v) is 13.5. The van der Waals surface area contributed by atoms with Gasteiger partial charge in [-0.05, 0) is 45.3 Å². The Morgan fingerprint density at radius 1 is 1.33 bits per heavy atom. The van der Waals surface area contributed by atoms with Crippen molar-refractivity contribution in [1.29, 1.82) is 0 Å². The molecule has 0 bridgehead atoms. The van der Waals surface area contributed by atoms with E-state index in [0.717, 1.165) is 19.8 Å². The number of fused-ring (bicyclic) bond motifs is 1. The summed E-state index contributed by atoms with van der Waals surface area (Å²) in [6.07, 6.45) is 3.31. The van der Waals surface area contributed by atoms with Gasteiger partial charge in [0.2, 0.25) is 5.91 Å². The van der Waals surface area contributed by atoms with Crippen molar-refractivity contribution in [3.8, 4) is 0 Å². The van der Waals surface area contributed by atoms with Crippen LogP contribution in [0, 0.1) is 0 Å². The van der Waals surface area contributed by atoms with Gasteiger partial charge in [0, 0.05) is 17.4 Å². The van der Waals surface area contributed by atoms with Crippen LogP contribution in [0.3, 0.4) is 0 Å². The molecule has 108 valence electrons. The van der Waals surface area contributed by atoms with Gasteiger partial charge in [-0.3, -0.25) is 4.79 Å². The molecule has 2 atom stereocenters. The molecular formula is C16H14BrNO2S. The molecule has 21 heavy (non-hydrogen) atoms. The molecule has 2 unspecified atom stereocenters. The Balaban J connectivity index is 1.69. The van der Waals surface area contributed by atoms with Gasteiger partial charge >= 0.3 is 0 Å². The van der Waals surface area contributed by atoms with Crippen molar-refractivity contribution in [3.63, 3.8) is 0 Å². The van der Waals surface area contributed by atoms with E-state index in [9.17, 15) is 9.90 Å². The highest BCUT2D eigenvalue weighted by molar-refractivity contribution is 9.11. The number of halogens is 1. The number of hydrogen-bond donors (Lipinski definition) is 2. The molecule has 0 saturated carbocycles. The van der Waals surface area contributed by atoms with Gasteiger partial charge in [0.05, 0.1) is 15.9 Å². The van der Waals surface area contributed by atoms with E-state index < -0.39 is 6.10 Å². The highest BCUT2D eigenvalue weighted by Crippen LogP contribution is 2.31. The lowest BCUT2D eigenvalue weighted by Crippen LogP contribution is -2.32. The van der Waals surface area contributed by atoms with Crippen LogP contribution in [0.5, 0.6) is 0 Å². The number of hydrogen-bond acceptors (Lipinski definition) is 3. The maximum Gasteiger partial charge on any atom is 0.244 e. The average Bonchev–Trinajstić information content (AvgIpc) is 3.01. The van der Waals surface area contributed by atoms with Crippen molar-refractivity contribution in [1.82, 2.24) is 5.32 Å². The number of amides is 1. The molecule has 0 aliphatic heterocycles. The standard InChI is InChI=1S/C16H14BrNO2S/c17-14-7-5-11(21-14)6-8-15(20)18-16-12-4-2-1-3-10(12)9-13(16)19/h1-8,13,16,19H,9H2,(H,18,20). The van der Waals surface area contributed by atoms with Gasteiger partial charge in [-0.15, -0.1) is 11.3 Å². The van der Waals surface area contributed by atoms with Crippen LogP contribution in [0.25, 0.3) is 6.08 Å². The first kappa shape index (κ1) is 14.5. The van der Waals surface area contributed by atoms with Gasteiger partial charge in [-0.2, -0.15) is 0 Å². The summed E-state index contributed by atoms with van der Waals surface area (Å²) in [5, 5.41) is 13.0. The molecular weight excluding hydrogens is 350 g/mol. The molecule has 2 aromatic rings. The molecule has 3 rings (SSSR count). The van der Waals surface area contributed by atoms with Crippen LogP contribution in [-0.2, 0) is 11.2 Å². The van der Waals surface area contributed by atoms with E-state index in [4.69, 9.17) is 0 Å². The second kappa shape index (κ2) is 6.13. The van der Waals surface area contributed by atoms with Gasteiger partial charge < -0.3 is 10.4 Å². The van der Waals surface area contributed by atoms with Crippen LogP contribution < -0.4 is 5.32 Å². The first-order valence-corrected chi connectivity index (χ1v) is 8.24. The second-order valence-electron chi connectivity index (χ2n) is 4.93. The van der Waals surface area contributed by atoms with Gasteiger partial charge in [0.25, 0.3) is 0 Å². The molecule has 1 amide bonds. The van der Waals surface area contributed by atoms with E-state index in [1.807, 2.05) is 36.4 Å². The van der Waals surface area contributed by atoms with Crippen LogP contribution in [-0.4, -0.2) is 17.1 Å². The minimum atomic E-state index is -0.560. The molecule has 1 aromatic heterocycles. The number of thiophene rings is 1. The largest absolute Gasteiger partial charge is 0.390 e. The summed E-state index contributed by atoms with van der Waals surface area (Å²) in [6.45, 7) is 0. The minimum Gasteiger partial charge on any atom is -0.390 e. The van der Waals surface area contributed by atoms with Gasteiger partial charge in [-0.25, -0.2) is 0 Å². The van der Waals surface area contributed by atoms with Gasteiger partial charge in [0.15, 0.2) is 0 Å². The predicted molar refractivity (Wildman–Crippen MR) is 88.1 cm³/mol. The molecule has 5 heteroatoms. The first-order chi connectivity index (χ1) is 10.1. The lowest BCUT2D eigenvalue weighted by molar-refractivity contribution is -0.117. The summed E-state index contributed by atoms with van der Waals surface area (Å²) in [5.41, 5.74) is 2.10. The third-order valence-electron chi connectivity index (χ3n) is 3.49. The van der Waals surface area contributed by atoms with E-state index in [-0.39, 0.29) is 11.9 Å². The van der Waals surface area contributed by atoms with Crippen molar-refractivity contribution >= 4 is 39.2 Å². The minimum absolute atomic E-state index is 0.194. The number of carbonyl (C=O) groups is 1. The third kappa shape index (κ3) is 3.26. The SMILES string of the molecule is O=C(C=Cc1ccc(Br)s1)NC1c2ccccc2CC1O. The molecule has 0 radical (unpaired) electrons. The number of carbonyl (C=O) groups excluding carboxylic acids is 1. The Labute approximate surface area is 135 Å². The maximum atomic E-state index is 12.0. The molecule has 0 spiro atoms. The molecule has 0 saturated heterocycles. The number of nitrogens with one attached hydrogen (secondary N) is 1. The first-order valence-electron chi connectivity index (χ1n) is 6.63. The number of benzene rings is 1. The molecule has 0 fully saturated rings. The lowest BCUT2D eigenvalue weighted by Gasteiger charge is -2.16. The van der Waals surface area contributed by atoms with Crippen molar-refractivity contribution in [2.45, 2.75) is 18.6 Å². The average molecular weight is 364 g/mol. The Hall–Kier alpha value is -1.43. The monoisotopic (exact) mass is 363 g/mol. The van der Waals surface area contributed by atoms with Crippen LogP contribution in [0.2, 0.25) is 0 Å². The smallest absolute Gasteiger partial charge is 0.244 e. The van der Waals surface area contributed by atoms with E-state index in [0.29, 0.717) is 6.42 Å². The Kier molecular flexibility index (Phi) is 4.24. The van der Waals surface area contributed by atoms with Crippen molar-refractivity contribution in [2.24, 2.45) is 0 Å². The van der Waals surface area contributed by atoms with Crippen LogP contribution >= 0.6 is 27.3 Å². The van der Waals surface area contributed by atoms with Crippen molar-refractivity contribution in [3.05, 3.63) is 62.3 Å². The number of aliphatic hydroxyl groups is 1. The molecule has 1 aliphatic carbocycles. The van der Waals surface area contributed by atoms with E-state index >= 15 is 0 Å². The highest BCUT2D eigenvalue weighted by Gasteiger charge is 2.31. The summed E-state index contributed by atoms with van der Waals surface area (Å²) in [7, 11) is 0. The number of rotatable bonds is 3. The fourth-order valence-electron chi connectivity index (χ4n) is 2.52. The molecule has 3 nitrogen and oxygen atoms in total. The second-order valence-corrected chi connectivity index (χ2v) is 7.43. The normalized spacial score (nSPS) is 20.7. The zero-order chi connectivity index (χ0) is 14.8. The quantitative estimate of drug-likeness (QED) is 0.822. The molecule has 1 aliphatic rings. The number of aliphatic hydroxyl groups excluding tert-OH is 1. The van der Waals surface area contributed by atoms with E-state index in [1.54, 1.807) is 17.4 Å². The lowest BCUT2D eigenvalue weighted by atomic mass is 10.1. The van der Waals surface area contributed by atoms with Crippen molar-refractivity contribution in [2.75, 3.05) is 0 Å². The van der Waals surface area contributed by atoms with Crippen LogP contribution in [0.15, 0.2) is 46.3 Å². The summed E-state index contributed by atoms with van der Waals surface area (Å²) in [6, 6.07) is 11.4. The fraction of sp³-hybridized carbons (Fsp3) is 0.188. The molecule has 1 heterocycles. The summed E-state index contributed by atoms with van der Waals surface area (Å²) in [5.74, 6) is -0.194. The van der Waals surface area contributed by atoms with Gasteiger partial charge in [-0.1, -0.05) is 24.3 Å². The highest BCUT2D eigenvalue weighted by atomic mass is 79.9. The van der Waals surface area contributed by atoms with Crippen molar-refractivity contribution < 1.29 is 9.90 Å². The molecule has 1 aromatic carbocycles. The maximum absolute atomic E-state index is 12.0. The molecule has 2 N–H and O–H groups in total. The summed E-state index contributed by atoms with van der Waals surface area (Å²) in [4.78, 5) is 13.0. The van der Waals surface area contributed by atoms with Crippen LogP contribution in [0.1, 0.15) is 22.0 Å². The topological polar surface area (TPSA) is 49.3 Å². The van der Waals surface area contributed by atoms with Gasteiger partial charge in [0.1, 0.15) is 0 Å². The third-order valence-corrected chi connectivity index (χ3v) is 5.08. The van der Waals surface area contributed by atoms with E-state index in [2.05, 4.69) is 21.2 Å². The fourth-order valence-corrected chi connectivity index (χ4v) is 3.85. The Morgan fingerprint density at radius 3 is 2.90 bits per heavy atom. The van der Waals surface area contributed by atoms with E-state index in [1.165, 1.54) is 6.08 Å². The summed E-state index contributed by atoms with van der Waals surface area (Å²) >= 11 is 4.95. The predicted octanol–water partition coefficient (Wildman–Crippen LogP) is 3.30. The van der Waals surface area contributed by atoms with Crippen LogP contribution in [0.4, 0.5) is 0 Å². The summed E-state index contributed by atoms with van der Waals surface area (Å²) < 4.78 is 1.03. The zero-order valence-electron chi connectivity index (χ0n) is 11.1.